The van der Waals surface area contributed by atoms with Gasteiger partial charge < -0.3 is 15.2 Å². The topological polar surface area (TPSA) is 58.6 Å². The monoisotopic (exact) mass is 299 g/mol. The first kappa shape index (κ1) is 16.0. The molecule has 0 saturated carbocycles. The third-order valence-electron chi connectivity index (χ3n) is 3.29. The lowest BCUT2D eigenvalue weighted by Gasteiger charge is -2.10. The number of benzene rings is 2. The van der Waals surface area contributed by atoms with Crippen molar-refractivity contribution in [2.45, 2.75) is 19.4 Å². The first-order valence-corrected chi connectivity index (χ1v) is 7.36. The lowest BCUT2D eigenvalue weighted by molar-refractivity contribution is -0.123. The van der Waals surface area contributed by atoms with Crippen LogP contribution < -0.4 is 10.1 Å². The van der Waals surface area contributed by atoms with Crippen LogP contribution in [-0.4, -0.2) is 24.2 Å². The minimum absolute atomic E-state index is 0.0297. The third kappa shape index (κ3) is 5.22. The van der Waals surface area contributed by atoms with Gasteiger partial charge in [0.05, 0.1) is 6.10 Å². The Morgan fingerprint density at radius 3 is 2.68 bits per heavy atom. The van der Waals surface area contributed by atoms with E-state index >= 15 is 0 Å². The Bertz CT molecular complexity index is 596. The van der Waals surface area contributed by atoms with Crippen LogP contribution in [0.4, 0.5) is 0 Å². The fraction of sp³-hybridized carbons (Fsp3) is 0.278. The molecule has 1 unspecified atom stereocenters. The van der Waals surface area contributed by atoms with E-state index in [1.54, 1.807) is 25.1 Å². The van der Waals surface area contributed by atoms with Gasteiger partial charge in [-0.05, 0) is 36.6 Å². The fourth-order valence-corrected chi connectivity index (χ4v) is 2.06. The van der Waals surface area contributed by atoms with E-state index in [1.165, 1.54) is 5.56 Å². The number of aliphatic hydroxyl groups excluding tert-OH is 1. The van der Waals surface area contributed by atoms with Crippen LogP contribution in [0.3, 0.4) is 0 Å². The molecule has 0 aromatic heterocycles. The fourth-order valence-electron chi connectivity index (χ4n) is 2.06. The van der Waals surface area contributed by atoms with Gasteiger partial charge in [0.15, 0.2) is 6.61 Å². The maximum Gasteiger partial charge on any atom is 0.257 e. The SMILES string of the molecule is CC(O)c1cccc(OCC(=O)NCCc2ccccc2)c1. The molecule has 2 N–H and O–H groups in total. The van der Waals surface area contributed by atoms with Crippen molar-refractivity contribution < 1.29 is 14.6 Å². The number of carbonyl (C=O) groups excluding carboxylic acids is 1. The summed E-state index contributed by atoms with van der Waals surface area (Å²) in [5.74, 6) is 0.426. The summed E-state index contributed by atoms with van der Waals surface area (Å²) < 4.78 is 5.44. The maximum atomic E-state index is 11.7. The highest BCUT2D eigenvalue weighted by atomic mass is 16.5. The average molecular weight is 299 g/mol. The minimum atomic E-state index is -0.553. The molecule has 22 heavy (non-hydrogen) atoms. The summed E-state index contributed by atoms with van der Waals surface area (Å²) in [6.45, 7) is 2.24. The summed E-state index contributed by atoms with van der Waals surface area (Å²) in [5, 5.41) is 12.3. The zero-order valence-corrected chi connectivity index (χ0v) is 12.7. The van der Waals surface area contributed by atoms with Gasteiger partial charge in [-0.15, -0.1) is 0 Å². The van der Waals surface area contributed by atoms with Crippen LogP contribution in [0, 0.1) is 0 Å². The Kier molecular flexibility index (Phi) is 5.98. The van der Waals surface area contributed by atoms with Gasteiger partial charge in [-0.2, -0.15) is 0 Å². The van der Waals surface area contributed by atoms with Crippen molar-refractivity contribution >= 4 is 5.91 Å². The quantitative estimate of drug-likeness (QED) is 0.826. The van der Waals surface area contributed by atoms with Crippen LogP contribution in [0.25, 0.3) is 0 Å². The minimum Gasteiger partial charge on any atom is -0.484 e. The van der Waals surface area contributed by atoms with Crippen LogP contribution in [0.5, 0.6) is 5.75 Å². The van der Waals surface area contributed by atoms with Crippen molar-refractivity contribution in [2.75, 3.05) is 13.2 Å². The lowest BCUT2D eigenvalue weighted by atomic mass is 10.1. The van der Waals surface area contributed by atoms with Crippen LogP contribution in [0.15, 0.2) is 54.6 Å². The zero-order chi connectivity index (χ0) is 15.8. The number of carbonyl (C=O) groups is 1. The molecular formula is C18H21NO3. The Labute approximate surface area is 130 Å². The number of hydrogen-bond acceptors (Lipinski definition) is 3. The van der Waals surface area contributed by atoms with E-state index in [1.807, 2.05) is 36.4 Å². The highest BCUT2D eigenvalue weighted by Crippen LogP contribution is 2.18. The Morgan fingerprint density at radius 2 is 1.95 bits per heavy atom. The summed E-state index contributed by atoms with van der Waals surface area (Å²) >= 11 is 0. The number of rotatable bonds is 7. The second kappa shape index (κ2) is 8.20. The predicted molar refractivity (Wildman–Crippen MR) is 85.7 cm³/mol. The first-order valence-electron chi connectivity index (χ1n) is 7.36. The molecule has 2 aromatic rings. The van der Waals surface area contributed by atoms with Gasteiger partial charge in [-0.25, -0.2) is 0 Å². The van der Waals surface area contributed by atoms with Crippen molar-refractivity contribution in [3.63, 3.8) is 0 Å². The second-order valence-electron chi connectivity index (χ2n) is 5.12. The van der Waals surface area contributed by atoms with Gasteiger partial charge in [-0.1, -0.05) is 42.5 Å². The molecule has 0 heterocycles. The molecule has 0 aliphatic carbocycles. The van der Waals surface area contributed by atoms with Crippen LogP contribution >= 0.6 is 0 Å². The van der Waals surface area contributed by atoms with E-state index < -0.39 is 6.10 Å². The van der Waals surface area contributed by atoms with Gasteiger partial charge in [0, 0.05) is 6.54 Å². The maximum absolute atomic E-state index is 11.7. The predicted octanol–water partition coefficient (Wildman–Crippen LogP) is 2.48. The summed E-state index contributed by atoms with van der Waals surface area (Å²) in [4.78, 5) is 11.7. The average Bonchev–Trinajstić information content (AvgIpc) is 2.54. The first-order chi connectivity index (χ1) is 10.6. The molecule has 0 aliphatic heterocycles. The van der Waals surface area contributed by atoms with Gasteiger partial charge >= 0.3 is 0 Å². The summed E-state index contributed by atoms with van der Waals surface area (Å²) in [6.07, 6.45) is 0.243. The number of ether oxygens (including phenoxy) is 1. The van der Waals surface area contributed by atoms with Gasteiger partial charge in [0.1, 0.15) is 5.75 Å². The van der Waals surface area contributed by atoms with Crippen molar-refractivity contribution in [3.05, 3.63) is 65.7 Å². The molecule has 0 aliphatic rings. The second-order valence-corrected chi connectivity index (χ2v) is 5.12. The van der Waals surface area contributed by atoms with Crippen molar-refractivity contribution in [3.8, 4) is 5.75 Å². The zero-order valence-electron chi connectivity index (χ0n) is 12.7. The number of hydrogen-bond donors (Lipinski definition) is 2. The van der Waals surface area contributed by atoms with Crippen molar-refractivity contribution in [1.29, 1.82) is 0 Å². The van der Waals surface area contributed by atoms with E-state index in [0.717, 1.165) is 12.0 Å². The molecule has 0 fully saturated rings. The summed E-state index contributed by atoms with van der Waals surface area (Å²) in [7, 11) is 0. The van der Waals surface area contributed by atoms with E-state index in [-0.39, 0.29) is 12.5 Å². The van der Waals surface area contributed by atoms with Crippen molar-refractivity contribution in [2.24, 2.45) is 0 Å². The van der Waals surface area contributed by atoms with Gasteiger partial charge in [0.25, 0.3) is 5.91 Å². The number of nitrogens with one attached hydrogen (secondary N) is 1. The molecule has 1 amide bonds. The van der Waals surface area contributed by atoms with E-state index in [4.69, 9.17) is 4.74 Å². The lowest BCUT2D eigenvalue weighted by Crippen LogP contribution is -2.30. The highest BCUT2D eigenvalue weighted by molar-refractivity contribution is 5.77. The molecule has 4 nitrogen and oxygen atoms in total. The Hall–Kier alpha value is -2.33. The Balaban J connectivity index is 1.72. The van der Waals surface area contributed by atoms with E-state index in [9.17, 15) is 9.90 Å². The number of aliphatic hydroxyl groups is 1. The van der Waals surface area contributed by atoms with E-state index in [0.29, 0.717) is 12.3 Å². The molecule has 1 atom stereocenters. The van der Waals surface area contributed by atoms with Crippen LogP contribution in [0.2, 0.25) is 0 Å². The molecule has 2 rings (SSSR count). The molecule has 0 radical (unpaired) electrons. The normalized spacial score (nSPS) is 11.7. The standard InChI is InChI=1S/C18H21NO3/c1-14(20)16-8-5-9-17(12-16)22-13-18(21)19-11-10-15-6-3-2-4-7-15/h2-9,12,14,20H,10-11,13H2,1H3,(H,19,21). The molecule has 2 aromatic carbocycles. The Morgan fingerprint density at radius 1 is 1.18 bits per heavy atom. The van der Waals surface area contributed by atoms with Gasteiger partial charge in [0.2, 0.25) is 0 Å². The molecule has 0 spiro atoms. The van der Waals surface area contributed by atoms with Crippen LogP contribution in [0.1, 0.15) is 24.2 Å². The molecule has 0 saturated heterocycles. The molecule has 4 heteroatoms. The highest BCUT2D eigenvalue weighted by Gasteiger charge is 2.05. The largest absolute Gasteiger partial charge is 0.484 e. The number of amides is 1. The molecule has 0 bridgehead atoms. The smallest absolute Gasteiger partial charge is 0.257 e. The molecule has 116 valence electrons. The molecular weight excluding hydrogens is 278 g/mol. The van der Waals surface area contributed by atoms with E-state index in [2.05, 4.69) is 5.32 Å². The van der Waals surface area contributed by atoms with Crippen LogP contribution in [-0.2, 0) is 11.2 Å². The third-order valence-corrected chi connectivity index (χ3v) is 3.29. The summed E-state index contributed by atoms with van der Waals surface area (Å²) in [6, 6.07) is 17.1. The van der Waals surface area contributed by atoms with Gasteiger partial charge in [-0.3, -0.25) is 4.79 Å². The summed E-state index contributed by atoms with van der Waals surface area (Å²) in [5.41, 5.74) is 1.95. The van der Waals surface area contributed by atoms with Crippen molar-refractivity contribution in [1.82, 2.24) is 5.32 Å².